The highest BCUT2D eigenvalue weighted by Gasteiger charge is 2.09. The predicted octanol–water partition coefficient (Wildman–Crippen LogP) is 4.98. The second-order valence-electron chi connectivity index (χ2n) is 6.46. The second-order valence-corrected chi connectivity index (χ2v) is 7.27. The highest BCUT2D eigenvalue weighted by atomic mass is 35.5. The van der Waals surface area contributed by atoms with E-state index in [1.54, 1.807) is 23.9 Å². The summed E-state index contributed by atoms with van der Waals surface area (Å²) in [6, 6.07) is 11.2. The number of halogens is 2. The standard InChI is InChI=1S/C20H23Cl2N5O2/c1-3-4-9-27-20(24-25-26-27)23-12-14-6-8-18(19(11-14)28-2)29-13-15-5-7-16(21)17(22)10-15/h5-8,10-11H,3-4,9,12-13H2,1-2H3,(H,23,24,26). The van der Waals surface area contributed by atoms with E-state index in [1.807, 2.05) is 24.3 Å². The number of methoxy groups -OCH3 is 1. The summed E-state index contributed by atoms with van der Waals surface area (Å²) in [5.41, 5.74) is 1.94. The molecule has 29 heavy (non-hydrogen) atoms. The molecule has 0 radical (unpaired) electrons. The minimum absolute atomic E-state index is 0.358. The summed E-state index contributed by atoms with van der Waals surface area (Å²) in [6.45, 7) is 3.85. The van der Waals surface area contributed by atoms with Gasteiger partial charge in [-0.2, -0.15) is 0 Å². The first-order valence-electron chi connectivity index (χ1n) is 9.34. The van der Waals surface area contributed by atoms with Gasteiger partial charge in [-0.05, 0) is 52.2 Å². The quantitative estimate of drug-likeness (QED) is 0.483. The van der Waals surface area contributed by atoms with E-state index in [-0.39, 0.29) is 0 Å². The molecule has 0 saturated heterocycles. The Labute approximate surface area is 179 Å². The maximum absolute atomic E-state index is 6.06. The lowest BCUT2D eigenvalue weighted by atomic mass is 10.2. The third kappa shape index (κ3) is 5.74. The fourth-order valence-electron chi connectivity index (χ4n) is 2.70. The second kappa shape index (κ2) is 10.3. The molecule has 1 heterocycles. The molecule has 0 aliphatic carbocycles. The molecule has 3 rings (SSSR count). The summed E-state index contributed by atoms with van der Waals surface area (Å²) >= 11 is 12.0. The highest BCUT2D eigenvalue weighted by Crippen LogP contribution is 2.30. The molecule has 0 atom stereocenters. The van der Waals surface area contributed by atoms with Crippen LogP contribution in [-0.4, -0.2) is 27.3 Å². The van der Waals surface area contributed by atoms with Crippen molar-refractivity contribution in [2.24, 2.45) is 0 Å². The van der Waals surface area contributed by atoms with E-state index in [2.05, 4.69) is 27.8 Å². The number of aryl methyl sites for hydroxylation is 1. The van der Waals surface area contributed by atoms with Gasteiger partial charge in [0, 0.05) is 13.1 Å². The number of tetrazole rings is 1. The van der Waals surface area contributed by atoms with Gasteiger partial charge in [0.2, 0.25) is 5.95 Å². The van der Waals surface area contributed by atoms with Crippen LogP contribution in [-0.2, 0) is 19.7 Å². The molecule has 0 bridgehead atoms. The number of aromatic nitrogens is 4. The Morgan fingerprint density at radius 3 is 2.62 bits per heavy atom. The summed E-state index contributed by atoms with van der Waals surface area (Å²) in [6.07, 6.45) is 2.11. The monoisotopic (exact) mass is 435 g/mol. The van der Waals surface area contributed by atoms with Crippen LogP contribution in [0.4, 0.5) is 5.95 Å². The van der Waals surface area contributed by atoms with Crippen LogP contribution in [0.1, 0.15) is 30.9 Å². The molecule has 154 valence electrons. The normalized spacial score (nSPS) is 10.8. The molecule has 0 fully saturated rings. The Bertz CT molecular complexity index is 948. The van der Waals surface area contributed by atoms with Crippen LogP contribution < -0.4 is 14.8 Å². The molecule has 3 aromatic rings. The molecule has 2 aromatic carbocycles. The minimum atomic E-state index is 0.358. The van der Waals surface area contributed by atoms with Crippen molar-refractivity contribution in [3.63, 3.8) is 0 Å². The van der Waals surface area contributed by atoms with Crippen LogP contribution in [0.3, 0.4) is 0 Å². The van der Waals surface area contributed by atoms with Crippen LogP contribution in [0.25, 0.3) is 0 Å². The lowest BCUT2D eigenvalue weighted by Crippen LogP contribution is -2.09. The van der Waals surface area contributed by atoms with Crippen LogP contribution in [0.2, 0.25) is 10.0 Å². The first-order chi connectivity index (χ1) is 14.1. The Morgan fingerprint density at radius 1 is 1.03 bits per heavy atom. The van der Waals surface area contributed by atoms with Crippen LogP contribution in [0.5, 0.6) is 11.5 Å². The zero-order chi connectivity index (χ0) is 20.6. The molecule has 7 nitrogen and oxygen atoms in total. The number of nitrogens with one attached hydrogen (secondary N) is 1. The highest BCUT2D eigenvalue weighted by molar-refractivity contribution is 6.42. The lowest BCUT2D eigenvalue weighted by molar-refractivity contribution is 0.284. The summed E-state index contributed by atoms with van der Waals surface area (Å²) in [4.78, 5) is 0. The van der Waals surface area contributed by atoms with Crippen LogP contribution in [0.15, 0.2) is 36.4 Å². The molecule has 0 spiro atoms. The Balaban J connectivity index is 1.62. The third-order valence-electron chi connectivity index (χ3n) is 4.31. The molecule has 0 unspecified atom stereocenters. The van der Waals surface area contributed by atoms with Crippen molar-refractivity contribution < 1.29 is 9.47 Å². The van der Waals surface area contributed by atoms with E-state index >= 15 is 0 Å². The summed E-state index contributed by atoms with van der Waals surface area (Å²) in [5.74, 6) is 1.95. The van der Waals surface area contributed by atoms with Gasteiger partial charge in [0.15, 0.2) is 11.5 Å². The van der Waals surface area contributed by atoms with Crippen LogP contribution in [0, 0.1) is 0 Å². The van der Waals surface area contributed by atoms with Gasteiger partial charge in [-0.3, -0.25) is 0 Å². The SMILES string of the molecule is CCCCn1nnnc1NCc1ccc(OCc2ccc(Cl)c(Cl)c2)c(OC)c1. The maximum atomic E-state index is 6.06. The van der Waals surface area contributed by atoms with Gasteiger partial charge in [0.05, 0.1) is 17.2 Å². The van der Waals surface area contributed by atoms with Crippen molar-refractivity contribution in [3.05, 3.63) is 57.6 Å². The summed E-state index contributed by atoms with van der Waals surface area (Å²) in [7, 11) is 1.61. The zero-order valence-electron chi connectivity index (χ0n) is 16.4. The summed E-state index contributed by atoms with van der Waals surface area (Å²) in [5, 5.41) is 16.1. The molecular formula is C20H23Cl2N5O2. The van der Waals surface area contributed by atoms with Crippen molar-refractivity contribution in [1.29, 1.82) is 0 Å². The van der Waals surface area contributed by atoms with Crippen molar-refractivity contribution in [2.45, 2.75) is 39.5 Å². The Kier molecular flexibility index (Phi) is 7.55. The summed E-state index contributed by atoms with van der Waals surface area (Å²) < 4.78 is 13.2. The first-order valence-corrected chi connectivity index (χ1v) is 10.1. The Morgan fingerprint density at radius 2 is 1.86 bits per heavy atom. The van der Waals surface area contributed by atoms with Crippen molar-refractivity contribution in [1.82, 2.24) is 20.2 Å². The van der Waals surface area contributed by atoms with E-state index in [4.69, 9.17) is 32.7 Å². The lowest BCUT2D eigenvalue weighted by Gasteiger charge is -2.13. The fraction of sp³-hybridized carbons (Fsp3) is 0.350. The molecule has 0 saturated carbocycles. The topological polar surface area (TPSA) is 74.1 Å². The van der Waals surface area contributed by atoms with Gasteiger partial charge >= 0.3 is 0 Å². The van der Waals surface area contributed by atoms with E-state index in [0.717, 1.165) is 30.5 Å². The van der Waals surface area contributed by atoms with Gasteiger partial charge in [-0.25, -0.2) is 4.68 Å². The molecule has 1 aromatic heterocycles. The number of benzene rings is 2. The van der Waals surface area contributed by atoms with Crippen molar-refractivity contribution in [3.8, 4) is 11.5 Å². The van der Waals surface area contributed by atoms with Crippen molar-refractivity contribution >= 4 is 29.2 Å². The molecule has 0 aliphatic heterocycles. The van der Waals surface area contributed by atoms with Crippen LogP contribution >= 0.6 is 23.2 Å². The molecule has 9 heteroatoms. The number of anilines is 1. The van der Waals surface area contributed by atoms with Gasteiger partial charge in [-0.1, -0.05) is 53.8 Å². The number of ether oxygens (including phenoxy) is 2. The van der Waals surface area contributed by atoms with E-state index in [9.17, 15) is 0 Å². The third-order valence-corrected chi connectivity index (χ3v) is 5.05. The molecule has 1 N–H and O–H groups in total. The van der Waals surface area contributed by atoms with Crippen molar-refractivity contribution in [2.75, 3.05) is 12.4 Å². The van der Waals surface area contributed by atoms with E-state index < -0.39 is 0 Å². The first kappa shape index (κ1) is 21.2. The molecular weight excluding hydrogens is 413 g/mol. The number of hydrogen-bond acceptors (Lipinski definition) is 6. The van der Waals surface area contributed by atoms with Gasteiger partial charge in [0.1, 0.15) is 6.61 Å². The van der Waals surface area contributed by atoms with E-state index in [0.29, 0.717) is 40.6 Å². The predicted molar refractivity (Wildman–Crippen MR) is 114 cm³/mol. The van der Waals surface area contributed by atoms with Gasteiger partial charge < -0.3 is 14.8 Å². The van der Waals surface area contributed by atoms with Gasteiger partial charge in [-0.15, -0.1) is 0 Å². The Hall–Kier alpha value is -2.51. The smallest absolute Gasteiger partial charge is 0.243 e. The zero-order valence-corrected chi connectivity index (χ0v) is 17.9. The maximum Gasteiger partial charge on any atom is 0.243 e. The molecule has 0 aliphatic rings. The number of nitrogens with zero attached hydrogens (tertiary/aromatic N) is 4. The number of rotatable bonds is 10. The number of hydrogen-bond donors (Lipinski definition) is 1. The average molecular weight is 436 g/mol. The largest absolute Gasteiger partial charge is 0.493 e. The van der Waals surface area contributed by atoms with Gasteiger partial charge in [0.25, 0.3) is 0 Å². The number of unbranched alkanes of at least 4 members (excludes halogenated alkanes) is 1. The molecule has 0 amide bonds. The fourth-order valence-corrected chi connectivity index (χ4v) is 3.02. The average Bonchev–Trinajstić information content (AvgIpc) is 3.19. The minimum Gasteiger partial charge on any atom is -0.493 e. The van der Waals surface area contributed by atoms with E-state index in [1.165, 1.54) is 0 Å².